The van der Waals surface area contributed by atoms with E-state index in [4.69, 9.17) is 0 Å². The number of rotatable bonds is 6. The number of hydrogen-bond acceptors (Lipinski definition) is 5. The average Bonchev–Trinajstić information content (AvgIpc) is 2.60. The van der Waals surface area contributed by atoms with E-state index in [2.05, 4.69) is 44.3 Å². The Bertz CT molecular complexity index is 1010. The first kappa shape index (κ1) is 18.8. The molecule has 2 N–H and O–H groups in total. The Morgan fingerprint density at radius 2 is 1.44 bits per heavy atom. The molecule has 0 bridgehead atoms. The van der Waals surface area contributed by atoms with Crippen molar-refractivity contribution in [2.75, 3.05) is 10.0 Å². The molecule has 0 aliphatic carbocycles. The number of benzene rings is 2. The summed E-state index contributed by atoms with van der Waals surface area (Å²) >= 11 is 0. The van der Waals surface area contributed by atoms with Crippen LogP contribution >= 0.6 is 0 Å². The number of anilines is 2. The van der Waals surface area contributed by atoms with Crippen LogP contribution in [0.2, 0.25) is 0 Å². The fourth-order valence-electron chi connectivity index (χ4n) is 2.61. The fraction of sp³-hybridized carbons (Fsp3) is 0.200. The highest BCUT2D eigenvalue weighted by atomic mass is 32.2. The lowest BCUT2D eigenvalue weighted by atomic mass is 10.1. The zero-order chi connectivity index (χ0) is 19.4. The quantitative estimate of drug-likeness (QED) is 0.677. The van der Waals surface area contributed by atoms with E-state index >= 15 is 0 Å². The van der Waals surface area contributed by atoms with E-state index in [0.717, 1.165) is 11.3 Å². The zero-order valence-corrected chi connectivity index (χ0v) is 16.3. The van der Waals surface area contributed by atoms with Crippen molar-refractivity contribution in [3.63, 3.8) is 0 Å². The lowest BCUT2D eigenvalue weighted by molar-refractivity contribution is 0.601. The molecule has 1 aromatic heterocycles. The fourth-order valence-corrected chi connectivity index (χ4v) is 3.56. The van der Waals surface area contributed by atoms with Crippen molar-refractivity contribution in [2.24, 2.45) is 0 Å². The third-order valence-corrected chi connectivity index (χ3v) is 5.33. The summed E-state index contributed by atoms with van der Waals surface area (Å²) in [5.41, 5.74) is 4.63. The minimum atomic E-state index is -3.74. The lowest BCUT2D eigenvalue weighted by Gasteiger charge is -2.10. The molecule has 1 heterocycles. The van der Waals surface area contributed by atoms with E-state index in [1.54, 1.807) is 44.2 Å². The maximum atomic E-state index is 12.5. The minimum Gasteiger partial charge on any atom is -0.381 e. The Labute approximate surface area is 159 Å². The second-order valence-electron chi connectivity index (χ2n) is 6.44. The van der Waals surface area contributed by atoms with Crippen molar-refractivity contribution < 1.29 is 8.42 Å². The minimum absolute atomic E-state index is 0.0778. The topological polar surface area (TPSA) is 84.0 Å². The highest BCUT2D eigenvalue weighted by Crippen LogP contribution is 2.17. The van der Waals surface area contributed by atoms with Crippen molar-refractivity contribution in [1.82, 2.24) is 9.97 Å². The first-order valence-corrected chi connectivity index (χ1v) is 10.0. The Morgan fingerprint density at radius 3 is 2.04 bits per heavy atom. The van der Waals surface area contributed by atoms with Gasteiger partial charge in [0.05, 0.1) is 4.90 Å². The van der Waals surface area contributed by atoms with Crippen LogP contribution in [0, 0.1) is 20.8 Å². The molecule has 0 aliphatic heterocycles. The van der Waals surface area contributed by atoms with Crippen molar-refractivity contribution in [1.29, 1.82) is 0 Å². The molecule has 3 aromatic rings. The number of sulfonamides is 1. The van der Waals surface area contributed by atoms with Gasteiger partial charge in [0.2, 0.25) is 5.95 Å². The van der Waals surface area contributed by atoms with Gasteiger partial charge in [0, 0.05) is 23.6 Å². The predicted octanol–water partition coefficient (Wildman–Crippen LogP) is 3.81. The van der Waals surface area contributed by atoms with Gasteiger partial charge in [-0.25, -0.2) is 23.1 Å². The summed E-state index contributed by atoms with van der Waals surface area (Å²) < 4.78 is 27.5. The second-order valence-corrected chi connectivity index (χ2v) is 8.13. The average molecular weight is 382 g/mol. The molecule has 27 heavy (non-hydrogen) atoms. The Kier molecular flexibility index (Phi) is 5.41. The van der Waals surface area contributed by atoms with Gasteiger partial charge in [-0.2, -0.15) is 0 Å². The molecule has 0 aliphatic rings. The molecule has 3 rings (SSSR count). The summed E-state index contributed by atoms with van der Waals surface area (Å²) in [7, 11) is -3.74. The number of nitrogens with one attached hydrogen (secondary N) is 2. The van der Waals surface area contributed by atoms with Crippen LogP contribution in [0.15, 0.2) is 59.5 Å². The van der Waals surface area contributed by atoms with Crippen molar-refractivity contribution in [2.45, 2.75) is 32.2 Å². The Balaban J connectivity index is 1.68. The van der Waals surface area contributed by atoms with Crippen LogP contribution in [0.1, 0.15) is 22.5 Å². The molecule has 0 fully saturated rings. The van der Waals surface area contributed by atoms with Crippen LogP contribution in [-0.2, 0) is 16.6 Å². The first-order chi connectivity index (χ1) is 12.8. The number of aryl methyl sites for hydroxylation is 3. The summed E-state index contributed by atoms with van der Waals surface area (Å²) in [5, 5.41) is 3.28. The zero-order valence-electron chi connectivity index (χ0n) is 15.5. The van der Waals surface area contributed by atoms with Gasteiger partial charge in [-0.05, 0) is 56.7 Å². The highest BCUT2D eigenvalue weighted by Gasteiger charge is 2.16. The molecular formula is C20H22N4O2S. The summed E-state index contributed by atoms with van der Waals surface area (Å²) in [5.74, 6) is 0.0778. The summed E-state index contributed by atoms with van der Waals surface area (Å²) in [6, 6.07) is 16.6. The summed E-state index contributed by atoms with van der Waals surface area (Å²) in [6.45, 7) is 6.30. The molecule has 0 unspecified atom stereocenters. The number of aromatic nitrogens is 2. The summed E-state index contributed by atoms with van der Waals surface area (Å²) in [6.07, 6.45) is 0. The smallest absolute Gasteiger partial charge is 0.264 e. The van der Waals surface area contributed by atoms with Gasteiger partial charge in [0.1, 0.15) is 0 Å². The van der Waals surface area contributed by atoms with Crippen molar-refractivity contribution in [3.05, 3.63) is 77.1 Å². The lowest BCUT2D eigenvalue weighted by Crippen LogP contribution is -2.15. The van der Waals surface area contributed by atoms with Gasteiger partial charge in [-0.15, -0.1) is 0 Å². The molecule has 6 nitrogen and oxygen atoms in total. The van der Waals surface area contributed by atoms with Crippen LogP contribution in [-0.4, -0.2) is 18.4 Å². The SMILES string of the molecule is Cc1ccc(CNc2ccc(S(=O)(=O)Nc3nc(C)cc(C)n3)cc2)cc1. The van der Waals surface area contributed by atoms with Crippen LogP contribution in [0.3, 0.4) is 0 Å². The Hall–Kier alpha value is -2.93. The number of nitrogens with zero attached hydrogens (tertiary/aromatic N) is 2. The molecule has 0 saturated heterocycles. The molecule has 0 spiro atoms. The van der Waals surface area contributed by atoms with Crippen molar-refractivity contribution in [3.8, 4) is 0 Å². The maximum absolute atomic E-state index is 12.5. The summed E-state index contributed by atoms with van der Waals surface area (Å²) in [4.78, 5) is 8.39. The molecule has 0 radical (unpaired) electrons. The molecule has 7 heteroatoms. The molecule has 0 atom stereocenters. The molecule has 0 amide bonds. The van der Waals surface area contributed by atoms with Crippen LogP contribution in [0.4, 0.5) is 11.6 Å². The normalized spacial score (nSPS) is 11.2. The van der Waals surface area contributed by atoms with Crippen LogP contribution in [0.5, 0.6) is 0 Å². The third-order valence-electron chi connectivity index (χ3n) is 3.99. The van der Waals surface area contributed by atoms with Gasteiger partial charge >= 0.3 is 0 Å². The van der Waals surface area contributed by atoms with E-state index in [1.807, 2.05) is 6.92 Å². The second kappa shape index (κ2) is 7.75. The van der Waals surface area contributed by atoms with Gasteiger partial charge in [0.25, 0.3) is 10.0 Å². The van der Waals surface area contributed by atoms with Gasteiger partial charge < -0.3 is 5.32 Å². The van der Waals surface area contributed by atoms with Crippen molar-refractivity contribution >= 4 is 21.7 Å². The van der Waals surface area contributed by atoms with E-state index < -0.39 is 10.0 Å². The first-order valence-electron chi connectivity index (χ1n) is 8.56. The molecular weight excluding hydrogens is 360 g/mol. The maximum Gasteiger partial charge on any atom is 0.264 e. The highest BCUT2D eigenvalue weighted by molar-refractivity contribution is 7.92. The van der Waals surface area contributed by atoms with E-state index in [-0.39, 0.29) is 10.8 Å². The van der Waals surface area contributed by atoms with E-state index in [0.29, 0.717) is 17.9 Å². The van der Waals surface area contributed by atoms with Gasteiger partial charge in [-0.1, -0.05) is 29.8 Å². The van der Waals surface area contributed by atoms with E-state index in [1.165, 1.54) is 5.56 Å². The largest absolute Gasteiger partial charge is 0.381 e. The molecule has 140 valence electrons. The molecule has 0 saturated carbocycles. The van der Waals surface area contributed by atoms with Crippen LogP contribution < -0.4 is 10.0 Å². The van der Waals surface area contributed by atoms with Gasteiger partial charge in [-0.3, -0.25) is 0 Å². The van der Waals surface area contributed by atoms with Gasteiger partial charge in [0.15, 0.2) is 0 Å². The standard InChI is InChI=1S/C20H22N4O2S/c1-14-4-6-17(7-5-14)13-21-18-8-10-19(11-9-18)27(25,26)24-20-22-15(2)12-16(3)23-20/h4-12,21H,13H2,1-3H3,(H,22,23,24). The number of hydrogen-bond donors (Lipinski definition) is 2. The third kappa shape index (κ3) is 5.04. The van der Waals surface area contributed by atoms with E-state index in [9.17, 15) is 8.42 Å². The van der Waals surface area contributed by atoms with Crippen LogP contribution in [0.25, 0.3) is 0 Å². The Morgan fingerprint density at radius 1 is 0.852 bits per heavy atom. The predicted molar refractivity (Wildman–Crippen MR) is 107 cm³/mol. The monoisotopic (exact) mass is 382 g/mol. The molecule has 2 aromatic carbocycles.